The second-order valence-corrected chi connectivity index (χ2v) is 6.23. The number of anilines is 1. The fourth-order valence-corrected chi connectivity index (χ4v) is 2.95. The van der Waals surface area contributed by atoms with E-state index in [1.54, 1.807) is 11.0 Å². The van der Waals surface area contributed by atoms with Crippen molar-refractivity contribution in [2.45, 2.75) is 46.7 Å². The molecule has 114 valence electrons. The molecule has 0 radical (unpaired) electrons. The number of carbonyl (C=O) groups excluding carboxylic acids is 2. The van der Waals surface area contributed by atoms with Crippen molar-refractivity contribution in [1.29, 1.82) is 0 Å². The lowest BCUT2D eigenvalue weighted by atomic mass is 10.1. The normalized spacial score (nSPS) is 14.8. The maximum Gasteiger partial charge on any atom is 0.299 e. The second-order valence-electron chi connectivity index (χ2n) is 6.23. The van der Waals surface area contributed by atoms with Crippen molar-refractivity contribution in [2.75, 3.05) is 18.0 Å². The Labute approximate surface area is 126 Å². The summed E-state index contributed by atoms with van der Waals surface area (Å²) in [6.07, 6.45) is 0. The molecular formula is C17H24N2O2. The van der Waals surface area contributed by atoms with E-state index in [-0.39, 0.29) is 5.78 Å². The Morgan fingerprint density at radius 3 is 2.29 bits per heavy atom. The fraction of sp³-hybridized carbons (Fsp3) is 0.529. The zero-order valence-corrected chi connectivity index (χ0v) is 13.5. The summed E-state index contributed by atoms with van der Waals surface area (Å²) in [6.45, 7) is 11.9. The Balaban J connectivity index is 2.20. The van der Waals surface area contributed by atoms with Crippen LogP contribution in [0.2, 0.25) is 0 Å². The van der Waals surface area contributed by atoms with Gasteiger partial charge in [-0.1, -0.05) is 6.07 Å². The summed E-state index contributed by atoms with van der Waals surface area (Å²) in [7, 11) is 0. The molecule has 0 bridgehead atoms. The fourth-order valence-electron chi connectivity index (χ4n) is 2.95. The molecule has 1 aliphatic rings. The number of rotatable bonds is 5. The molecule has 0 aliphatic carbocycles. The van der Waals surface area contributed by atoms with Gasteiger partial charge in [-0.3, -0.25) is 14.5 Å². The van der Waals surface area contributed by atoms with Gasteiger partial charge in [-0.05, 0) is 52.3 Å². The lowest BCUT2D eigenvalue weighted by molar-refractivity contribution is -0.114. The summed E-state index contributed by atoms with van der Waals surface area (Å²) in [5.41, 5.74) is 2.36. The minimum Gasteiger partial charge on any atom is -0.303 e. The van der Waals surface area contributed by atoms with Gasteiger partial charge in [0.2, 0.25) is 0 Å². The molecule has 1 amide bonds. The van der Waals surface area contributed by atoms with Crippen LogP contribution in [-0.4, -0.2) is 41.8 Å². The maximum atomic E-state index is 12.2. The highest BCUT2D eigenvalue weighted by molar-refractivity contribution is 6.52. The topological polar surface area (TPSA) is 40.6 Å². The molecule has 0 spiro atoms. The molecule has 0 saturated heterocycles. The molecule has 4 heteroatoms. The van der Waals surface area contributed by atoms with Gasteiger partial charge in [0, 0.05) is 25.2 Å². The largest absolute Gasteiger partial charge is 0.303 e. The van der Waals surface area contributed by atoms with Crippen LogP contribution in [0.15, 0.2) is 18.2 Å². The monoisotopic (exact) mass is 288 g/mol. The molecule has 0 aromatic heterocycles. The predicted octanol–water partition coefficient (Wildman–Crippen LogP) is 2.64. The number of fused-ring (bicyclic) bond motifs is 1. The molecule has 0 fully saturated rings. The van der Waals surface area contributed by atoms with Crippen LogP contribution in [-0.2, 0) is 4.79 Å². The quantitative estimate of drug-likeness (QED) is 0.782. The molecule has 2 rings (SSSR count). The van der Waals surface area contributed by atoms with Gasteiger partial charge in [-0.2, -0.15) is 0 Å². The summed E-state index contributed by atoms with van der Waals surface area (Å²) in [6, 6.07) is 6.38. The molecule has 0 unspecified atom stereocenters. The van der Waals surface area contributed by atoms with Gasteiger partial charge in [0.05, 0.1) is 11.3 Å². The van der Waals surface area contributed by atoms with Crippen molar-refractivity contribution in [3.63, 3.8) is 0 Å². The van der Waals surface area contributed by atoms with Gasteiger partial charge in [-0.15, -0.1) is 0 Å². The van der Waals surface area contributed by atoms with Gasteiger partial charge in [0.1, 0.15) is 0 Å². The Morgan fingerprint density at radius 1 is 1.10 bits per heavy atom. The molecule has 1 aliphatic heterocycles. The first-order valence-electron chi connectivity index (χ1n) is 7.55. The lowest BCUT2D eigenvalue weighted by Crippen LogP contribution is -2.43. The zero-order valence-electron chi connectivity index (χ0n) is 13.5. The first kappa shape index (κ1) is 15.7. The number of hydrogen-bond donors (Lipinski definition) is 0. The maximum absolute atomic E-state index is 12.2. The van der Waals surface area contributed by atoms with E-state index in [1.807, 2.05) is 19.1 Å². The van der Waals surface area contributed by atoms with Gasteiger partial charge in [0.25, 0.3) is 11.7 Å². The van der Waals surface area contributed by atoms with E-state index in [1.165, 1.54) is 0 Å². The second kappa shape index (κ2) is 5.98. The summed E-state index contributed by atoms with van der Waals surface area (Å²) < 4.78 is 0. The van der Waals surface area contributed by atoms with Crippen molar-refractivity contribution in [3.8, 4) is 0 Å². The average molecular weight is 288 g/mol. The average Bonchev–Trinajstić information content (AvgIpc) is 2.62. The van der Waals surface area contributed by atoms with E-state index in [0.29, 0.717) is 24.2 Å². The third kappa shape index (κ3) is 3.00. The van der Waals surface area contributed by atoms with Crippen LogP contribution < -0.4 is 4.90 Å². The molecule has 1 aromatic rings. The number of nitrogens with zero attached hydrogens (tertiary/aromatic N) is 2. The number of Topliss-reactive ketones (excluding diaryl/α,β-unsaturated/α-hetero) is 1. The lowest BCUT2D eigenvalue weighted by Gasteiger charge is -2.32. The van der Waals surface area contributed by atoms with Crippen LogP contribution >= 0.6 is 0 Å². The third-order valence-electron chi connectivity index (χ3n) is 4.04. The zero-order chi connectivity index (χ0) is 15.7. The van der Waals surface area contributed by atoms with E-state index >= 15 is 0 Å². The smallest absolute Gasteiger partial charge is 0.299 e. The van der Waals surface area contributed by atoms with Crippen LogP contribution in [0.4, 0.5) is 5.69 Å². The number of carbonyl (C=O) groups is 2. The van der Waals surface area contributed by atoms with Crippen LogP contribution in [0.3, 0.4) is 0 Å². The van der Waals surface area contributed by atoms with E-state index in [0.717, 1.165) is 17.8 Å². The van der Waals surface area contributed by atoms with E-state index in [9.17, 15) is 9.59 Å². The van der Waals surface area contributed by atoms with Gasteiger partial charge >= 0.3 is 0 Å². The minimum absolute atomic E-state index is 0.384. The Kier molecular flexibility index (Phi) is 4.47. The van der Waals surface area contributed by atoms with E-state index in [4.69, 9.17) is 0 Å². The molecule has 1 heterocycles. The number of aryl methyl sites for hydroxylation is 1. The SMILES string of the molecule is Cc1ccc2c(c1)N(CCN(C(C)C)C(C)C)C(=O)C2=O. The summed E-state index contributed by atoms with van der Waals surface area (Å²) in [5.74, 6) is -0.784. The minimum atomic E-state index is -0.400. The summed E-state index contributed by atoms with van der Waals surface area (Å²) in [5, 5.41) is 0. The van der Waals surface area contributed by atoms with Crippen LogP contribution in [0, 0.1) is 6.92 Å². The Morgan fingerprint density at radius 2 is 1.71 bits per heavy atom. The van der Waals surface area contributed by atoms with Crippen LogP contribution in [0.5, 0.6) is 0 Å². The first-order chi connectivity index (χ1) is 9.82. The number of benzene rings is 1. The first-order valence-corrected chi connectivity index (χ1v) is 7.55. The van der Waals surface area contributed by atoms with Gasteiger partial charge in [0.15, 0.2) is 0 Å². The van der Waals surface area contributed by atoms with E-state index < -0.39 is 5.91 Å². The highest BCUT2D eigenvalue weighted by Crippen LogP contribution is 2.29. The Hall–Kier alpha value is -1.68. The highest BCUT2D eigenvalue weighted by atomic mass is 16.2. The molecule has 0 saturated carbocycles. The predicted molar refractivity (Wildman–Crippen MR) is 84.8 cm³/mol. The van der Waals surface area contributed by atoms with Gasteiger partial charge in [-0.25, -0.2) is 0 Å². The summed E-state index contributed by atoms with van der Waals surface area (Å²) >= 11 is 0. The molecule has 21 heavy (non-hydrogen) atoms. The van der Waals surface area contributed by atoms with Crippen LogP contribution in [0.25, 0.3) is 0 Å². The number of hydrogen-bond acceptors (Lipinski definition) is 3. The van der Waals surface area contributed by atoms with Crippen molar-refractivity contribution < 1.29 is 9.59 Å². The number of amides is 1. The van der Waals surface area contributed by atoms with Crippen molar-refractivity contribution >= 4 is 17.4 Å². The number of ketones is 1. The molecule has 1 aromatic carbocycles. The van der Waals surface area contributed by atoms with Crippen molar-refractivity contribution in [2.24, 2.45) is 0 Å². The highest BCUT2D eigenvalue weighted by Gasteiger charge is 2.35. The third-order valence-corrected chi connectivity index (χ3v) is 4.04. The van der Waals surface area contributed by atoms with Crippen molar-refractivity contribution in [1.82, 2.24) is 4.90 Å². The molecular weight excluding hydrogens is 264 g/mol. The van der Waals surface area contributed by atoms with Crippen molar-refractivity contribution in [3.05, 3.63) is 29.3 Å². The molecule has 4 nitrogen and oxygen atoms in total. The van der Waals surface area contributed by atoms with Crippen LogP contribution in [0.1, 0.15) is 43.6 Å². The molecule has 0 N–H and O–H groups in total. The van der Waals surface area contributed by atoms with Gasteiger partial charge < -0.3 is 4.90 Å². The molecule has 0 atom stereocenters. The standard InChI is InChI=1S/C17H24N2O2/c1-11(2)18(12(3)4)8-9-19-15-10-13(5)6-7-14(15)16(20)17(19)21/h6-7,10-12H,8-9H2,1-5H3. The van der Waals surface area contributed by atoms with E-state index in [2.05, 4.69) is 32.6 Å². The summed E-state index contributed by atoms with van der Waals surface area (Å²) in [4.78, 5) is 28.2. The Bertz CT molecular complexity index is 556.